The summed E-state index contributed by atoms with van der Waals surface area (Å²) in [5.74, 6) is 0. The highest BCUT2D eigenvalue weighted by Crippen LogP contribution is 2.10. The summed E-state index contributed by atoms with van der Waals surface area (Å²) in [7, 11) is 2.03. The topological polar surface area (TPSA) is 37.6 Å². The number of aromatic nitrogens is 2. The smallest absolute Gasteiger partial charge is 0.258 e. The van der Waals surface area contributed by atoms with E-state index in [2.05, 4.69) is 26.7 Å². The summed E-state index contributed by atoms with van der Waals surface area (Å²) in [5.41, 5.74) is 2.75. The molecular formula is C15H15N3OS. The van der Waals surface area contributed by atoms with Gasteiger partial charge in [-0.1, -0.05) is 6.07 Å². The first-order valence-electron chi connectivity index (χ1n) is 6.39. The molecule has 0 aromatic carbocycles. The van der Waals surface area contributed by atoms with Gasteiger partial charge in [0.1, 0.15) is 5.65 Å². The Hall–Kier alpha value is -1.98. The zero-order valence-electron chi connectivity index (χ0n) is 11.2. The van der Waals surface area contributed by atoms with Crippen molar-refractivity contribution in [3.63, 3.8) is 0 Å². The molecule has 0 N–H and O–H groups in total. The van der Waals surface area contributed by atoms with Crippen LogP contribution in [0.25, 0.3) is 5.65 Å². The van der Waals surface area contributed by atoms with E-state index in [-0.39, 0.29) is 5.56 Å². The van der Waals surface area contributed by atoms with Crippen molar-refractivity contribution in [3.8, 4) is 0 Å². The first-order valence-corrected chi connectivity index (χ1v) is 7.33. The highest BCUT2D eigenvalue weighted by Gasteiger charge is 2.06. The first kappa shape index (κ1) is 13.0. The van der Waals surface area contributed by atoms with Crippen LogP contribution in [-0.4, -0.2) is 21.3 Å². The summed E-state index contributed by atoms with van der Waals surface area (Å²) in [5, 5.41) is 4.21. The maximum Gasteiger partial charge on any atom is 0.258 e. The lowest BCUT2D eigenvalue weighted by molar-refractivity contribution is 0.315. The SMILES string of the molecule is CN(Cc1ccsc1)Cc1cc(=O)n2ccccc2n1. The van der Waals surface area contributed by atoms with E-state index in [1.807, 2.05) is 25.2 Å². The van der Waals surface area contributed by atoms with Crippen LogP contribution >= 0.6 is 11.3 Å². The second kappa shape index (κ2) is 5.56. The lowest BCUT2D eigenvalue weighted by Gasteiger charge is -2.15. The zero-order chi connectivity index (χ0) is 13.9. The summed E-state index contributed by atoms with van der Waals surface area (Å²) in [6.45, 7) is 1.52. The second-order valence-corrected chi connectivity index (χ2v) is 5.60. The van der Waals surface area contributed by atoms with Gasteiger partial charge in [0.2, 0.25) is 0 Å². The van der Waals surface area contributed by atoms with Gasteiger partial charge < -0.3 is 0 Å². The Kier molecular flexibility index (Phi) is 3.62. The third kappa shape index (κ3) is 2.79. The molecule has 0 saturated carbocycles. The molecule has 3 rings (SSSR count). The number of hydrogen-bond acceptors (Lipinski definition) is 4. The van der Waals surface area contributed by atoms with Crippen LogP contribution in [0, 0.1) is 0 Å². The molecule has 20 heavy (non-hydrogen) atoms. The molecule has 0 saturated heterocycles. The van der Waals surface area contributed by atoms with Crippen LogP contribution in [0.2, 0.25) is 0 Å². The fourth-order valence-corrected chi connectivity index (χ4v) is 2.87. The molecule has 0 spiro atoms. The summed E-state index contributed by atoms with van der Waals surface area (Å²) >= 11 is 1.70. The van der Waals surface area contributed by atoms with E-state index in [0.717, 1.165) is 12.2 Å². The number of hydrogen-bond donors (Lipinski definition) is 0. The predicted molar refractivity (Wildman–Crippen MR) is 81.0 cm³/mol. The number of pyridine rings is 1. The molecule has 0 fully saturated rings. The van der Waals surface area contributed by atoms with E-state index < -0.39 is 0 Å². The summed E-state index contributed by atoms with van der Waals surface area (Å²) in [6, 6.07) is 9.30. The Balaban J connectivity index is 1.82. The average Bonchev–Trinajstić information content (AvgIpc) is 2.91. The number of thiophene rings is 1. The number of rotatable bonds is 4. The van der Waals surface area contributed by atoms with Crippen LogP contribution in [0.3, 0.4) is 0 Å². The predicted octanol–water partition coefficient (Wildman–Crippen LogP) is 2.39. The van der Waals surface area contributed by atoms with Crippen LogP contribution in [0.1, 0.15) is 11.3 Å². The van der Waals surface area contributed by atoms with Crippen molar-refractivity contribution in [1.82, 2.24) is 14.3 Å². The van der Waals surface area contributed by atoms with Crippen molar-refractivity contribution in [2.24, 2.45) is 0 Å². The Bertz CT molecular complexity index is 764. The molecule has 0 unspecified atom stereocenters. The van der Waals surface area contributed by atoms with Crippen molar-refractivity contribution in [3.05, 3.63) is 68.9 Å². The summed E-state index contributed by atoms with van der Waals surface area (Å²) in [6.07, 6.45) is 1.74. The molecule has 3 aromatic rings. The number of fused-ring (bicyclic) bond motifs is 1. The lowest BCUT2D eigenvalue weighted by Crippen LogP contribution is -2.21. The molecule has 0 radical (unpaired) electrons. The van der Waals surface area contributed by atoms with E-state index in [9.17, 15) is 4.79 Å². The molecule has 102 valence electrons. The van der Waals surface area contributed by atoms with Crippen LogP contribution in [0.4, 0.5) is 0 Å². The fraction of sp³-hybridized carbons (Fsp3) is 0.200. The Labute approximate surface area is 120 Å². The molecule has 0 aliphatic rings. The quantitative estimate of drug-likeness (QED) is 0.738. The Morgan fingerprint density at radius 3 is 3.00 bits per heavy atom. The minimum absolute atomic E-state index is 0.0328. The van der Waals surface area contributed by atoms with Crippen LogP contribution in [-0.2, 0) is 13.1 Å². The van der Waals surface area contributed by atoms with Crippen LogP contribution < -0.4 is 5.56 Å². The van der Waals surface area contributed by atoms with Gasteiger partial charge in [-0.15, -0.1) is 0 Å². The monoisotopic (exact) mass is 285 g/mol. The van der Waals surface area contributed by atoms with Gasteiger partial charge in [0.15, 0.2) is 0 Å². The van der Waals surface area contributed by atoms with Gasteiger partial charge in [-0.3, -0.25) is 14.1 Å². The summed E-state index contributed by atoms with van der Waals surface area (Å²) < 4.78 is 1.56. The molecule has 4 nitrogen and oxygen atoms in total. The molecule has 0 bridgehead atoms. The zero-order valence-corrected chi connectivity index (χ0v) is 12.0. The van der Waals surface area contributed by atoms with Gasteiger partial charge in [-0.05, 0) is 41.6 Å². The molecule has 3 heterocycles. The summed E-state index contributed by atoms with van der Waals surface area (Å²) in [4.78, 5) is 18.7. The Morgan fingerprint density at radius 2 is 2.20 bits per heavy atom. The van der Waals surface area contributed by atoms with Gasteiger partial charge in [0.05, 0.1) is 5.69 Å². The van der Waals surface area contributed by atoms with E-state index in [0.29, 0.717) is 12.2 Å². The van der Waals surface area contributed by atoms with Gasteiger partial charge >= 0.3 is 0 Å². The van der Waals surface area contributed by atoms with E-state index in [1.165, 1.54) is 5.56 Å². The van der Waals surface area contributed by atoms with Gasteiger partial charge in [0.25, 0.3) is 5.56 Å². The normalized spacial score (nSPS) is 11.3. The highest BCUT2D eigenvalue weighted by molar-refractivity contribution is 7.07. The first-order chi connectivity index (χ1) is 9.72. The molecule has 0 aliphatic carbocycles. The van der Waals surface area contributed by atoms with Gasteiger partial charge in [-0.25, -0.2) is 4.98 Å². The highest BCUT2D eigenvalue weighted by atomic mass is 32.1. The third-order valence-corrected chi connectivity index (χ3v) is 3.82. The standard InChI is InChI=1S/C15H15N3OS/c1-17(9-12-5-7-20-11-12)10-13-8-15(19)18-6-3-2-4-14(18)16-13/h2-8,11H,9-10H2,1H3. The van der Waals surface area contributed by atoms with Crippen molar-refractivity contribution in [2.45, 2.75) is 13.1 Å². The van der Waals surface area contributed by atoms with Crippen molar-refractivity contribution in [1.29, 1.82) is 0 Å². The average molecular weight is 285 g/mol. The van der Waals surface area contributed by atoms with E-state index in [4.69, 9.17) is 0 Å². The van der Waals surface area contributed by atoms with Gasteiger partial charge in [0, 0.05) is 25.4 Å². The van der Waals surface area contributed by atoms with E-state index in [1.54, 1.807) is 28.0 Å². The van der Waals surface area contributed by atoms with Crippen LogP contribution in [0.5, 0.6) is 0 Å². The third-order valence-electron chi connectivity index (χ3n) is 3.09. The number of nitrogens with zero attached hydrogens (tertiary/aromatic N) is 3. The fourth-order valence-electron chi connectivity index (χ4n) is 2.21. The second-order valence-electron chi connectivity index (χ2n) is 4.82. The molecular weight excluding hydrogens is 270 g/mol. The molecule has 0 atom stereocenters. The van der Waals surface area contributed by atoms with Crippen LogP contribution in [0.15, 0.2) is 52.1 Å². The minimum atomic E-state index is -0.0328. The van der Waals surface area contributed by atoms with Crippen molar-refractivity contribution in [2.75, 3.05) is 7.05 Å². The van der Waals surface area contributed by atoms with Gasteiger partial charge in [-0.2, -0.15) is 11.3 Å². The van der Waals surface area contributed by atoms with E-state index >= 15 is 0 Å². The molecule has 0 aliphatic heterocycles. The molecule has 5 heteroatoms. The maximum absolute atomic E-state index is 12.0. The molecule has 3 aromatic heterocycles. The minimum Gasteiger partial charge on any atom is -0.296 e. The maximum atomic E-state index is 12.0. The van der Waals surface area contributed by atoms with Crippen molar-refractivity contribution >= 4 is 17.0 Å². The lowest BCUT2D eigenvalue weighted by atomic mass is 10.3. The Morgan fingerprint density at radius 1 is 1.30 bits per heavy atom. The molecule has 0 amide bonds. The largest absolute Gasteiger partial charge is 0.296 e. The van der Waals surface area contributed by atoms with Crippen molar-refractivity contribution < 1.29 is 0 Å².